The van der Waals surface area contributed by atoms with E-state index in [1.807, 2.05) is 65.6 Å². The number of carbonyl (C=O) groups is 4. The molecule has 4 amide bonds. The number of benzene rings is 2. The van der Waals surface area contributed by atoms with Gasteiger partial charge in [-0.05, 0) is 55.6 Å². The summed E-state index contributed by atoms with van der Waals surface area (Å²) in [6, 6.07) is 17.1. The van der Waals surface area contributed by atoms with Gasteiger partial charge in [0.15, 0.2) is 0 Å². The second kappa shape index (κ2) is 12.0. The van der Waals surface area contributed by atoms with Crippen LogP contribution in [0.15, 0.2) is 60.7 Å². The fourth-order valence-corrected chi connectivity index (χ4v) is 7.57. The zero-order valence-corrected chi connectivity index (χ0v) is 23.5. The summed E-state index contributed by atoms with van der Waals surface area (Å²) < 4.78 is 0. The van der Waals surface area contributed by atoms with Crippen molar-refractivity contribution in [2.75, 3.05) is 6.54 Å². The molecule has 0 radical (unpaired) electrons. The predicted octanol–water partition coefficient (Wildman–Crippen LogP) is 3.00. The molecule has 3 aliphatic heterocycles. The zero-order valence-electron chi connectivity index (χ0n) is 23.5. The molecule has 2 aromatic rings. The monoisotopic (exact) mass is 556 g/mol. The molecule has 41 heavy (non-hydrogen) atoms. The van der Waals surface area contributed by atoms with Gasteiger partial charge in [0.05, 0.1) is 0 Å². The fraction of sp³-hybridized carbons (Fsp3) is 0.515. The van der Waals surface area contributed by atoms with E-state index in [9.17, 15) is 19.2 Å². The smallest absolute Gasteiger partial charge is 0.246 e. The van der Waals surface area contributed by atoms with Crippen LogP contribution in [0.3, 0.4) is 0 Å². The lowest BCUT2D eigenvalue weighted by molar-refractivity contribution is -0.149. The van der Waals surface area contributed by atoms with Gasteiger partial charge in [0, 0.05) is 31.5 Å². The Bertz CT molecular complexity index is 1270. The summed E-state index contributed by atoms with van der Waals surface area (Å²) in [7, 11) is 0. The van der Waals surface area contributed by atoms with Gasteiger partial charge in [-0.25, -0.2) is 0 Å². The number of rotatable bonds is 4. The van der Waals surface area contributed by atoms with Crippen molar-refractivity contribution >= 4 is 23.6 Å². The van der Waals surface area contributed by atoms with Crippen molar-refractivity contribution in [1.82, 2.24) is 20.4 Å². The van der Waals surface area contributed by atoms with Crippen molar-refractivity contribution in [2.45, 2.75) is 94.4 Å². The van der Waals surface area contributed by atoms with Gasteiger partial charge in [-0.2, -0.15) is 0 Å². The fourth-order valence-electron chi connectivity index (χ4n) is 7.57. The molecule has 8 nitrogen and oxygen atoms in total. The van der Waals surface area contributed by atoms with Crippen molar-refractivity contribution in [3.05, 3.63) is 71.8 Å². The molecule has 0 bridgehead atoms. The molecule has 4 fully saturated rings. The van der Waals surface area contributed by atoms with Crippen LogP contribution < -0.4 is 10.6 Å². The Balaban J connectivity index is 1.36. The van der Waals surface area contributed by atoms with E-state index in [2.05, 4.69) is 10.6 Å². The Hall–Kier alpha value is -3.68. The minimum Gasteiger partial charge on any atom is -0.351 e. The number of hydrogen-bond acceptors (Lipinski definition) is 4. The van der Waals surface area contributed by atoms with Gasteiger partial charge in [-0.15, -0.1) is 0 Å². The van der Waals surface area contributed by atoms with Crippen LogP contribution in [0.4, 0.5) is 0 Å². The van der Waals surface area contributed by atoms with Gasteiger partial charge in [0.1, 0.15) is 18.1 Å². The van der Waals surface area contributed by atoms with E-state index >= 15 is 0 Å². The highest BCUT2D eigenvalue weighted by Gasteiger charge is 2.51. The van der Waals surface area contributed by atoms with Gasteiger partial charge < -0.3 is 20.4 Å². The number of amides is 4. The second-order valence-corrected chi connectivity index (χ2v) is 12.2. The summed E-state index contributed by atoms with van der Waals surface area (Å²) in [5, 5.41) is 6.17. The second-order valence-electron chi connectivity index (χ2n) is 12.2. The molecule has 0 aromatic heterocycles. The highest BCUT2D eigenvalue weighted by atomic mass is 16.2. The van der Waals surface area contributed by atoms with E-state index in [1.54, 1.807) is 4.90 Å². The first-order valence-electron chi connectivity index (χ1n) is 15.3. The van der Waals surface area contributed by atoms with Crippen LogP contribution in [0.5, 0.6) is 0 Å². The lowest BCUT2D eigenvalue weighted by Gasteiger charge is -2.37. The van der Waals surface area contributed by atoms with E-state index in [0.717, 1.165) is 43.2 Å². The molecule has 3 heterocycles. The maximum Gasteiger partial charge on any atom is 0.246 e. The van der Waals surface area contributed by atoms with Crippen LogP contribution >= 0.6 is 0 Å². The van der Waals surface area contributed by atoms with Crippen molar-refractivity contribution in [2.24, 2.45) is 5.92 Å². The highest BCUT2D eigenvalue weighted by Crippen LogP contribution is 2.41. The predicted molar refractivity (Wildman–Crippen MR) is 155 cm³/mol. The summed E-state index contributed by atoms with van der Waals surface area (Å²) in [5.41, 5.74) is 1.96. The van der Waals surface area contributed by atoms with Gasteiger partial charge >= 0.3 is 0 Å². The number of fused-ring (bicyclic) bond motifs is 4. The summed E-state index contributed by atoms with van der Waals surface area (Å²) in [6.07, 6.45) is 6.85. The molecule has 6 rings (SSSR count). The number of carbonyl (C=O) groups excluding carboxylic acids is 4. The Kier molecular flexibility index (Phi) is 8.08. The Morgan fingerprint density at radius 1 is 0.707 bits per heavy atom. The average Bonchev–Trinajstić information content (AvgIpc) is 3.62. The van der Waals surface area contributed by atoms with Crippen LogP contribution in [0.1, 0.15) is 62.5 Å². The van der Waals surface area contributed by atoms with Crippen molar-refractivity contribution in [3.63, 3.8) is 0 Å². The molecule has 3 saturated heterocycles. The molecule has 1 saturated carbocycles. The topological polar surface area (TPSA) is 98.8 Å². The first-order chi connectivity index (χ1) is 20.0. The lowest BCUT2D eigenvalue weighted by atomic mass is 9.84. The summed E-state index contributed by atoms with van der Waals surface area (Å²) in [6.45, 7) is 0.513. The van der Waals surface area contributed by atoms with Crippen molar-refractivity contribution in [3.8, 4) is 0 Å². The molecule has 0 spiro atoms. The lowest BCUT2D eigenvalue weighted by Crippen LogP contribution is -2.58. The van der Waals surface area contributed by atoms with Gasteiger partial charge in [0.2, 0.25) is 23.6 Å². The van der Waals surface area contributed by atoms with Gasteiger partial charge in [-0.1, -0.05) is 73.5 Å². The van der Waals surface area contributed by atoms with E-state index in [0.29, 0.717) is 32.2 Å². The quantitative estimate of drug-likeness (QED) is 0.605. The standard InChI is InChI=1S/C33H40N4O4/c38-30-21-25(18-22-10-3-1-4-11-22)34-31(39)28-16-9-17-36(28)33(41)29-20-24-14-7-8-15-27(24)37(29)32(40)26(35-30)19-23-12-5-2-6-13-23/h1-6,10-13,24-29H,7-9,14-21H2,(H,34,39)(H,35,38). The molecular formula is C33H40N4O4. The van der Waals surface area contributed by atoms with E-state index in [1.165, 1.54) is 0 Å². The van der Waals surface area contributed by atoms with Crippen LogP contribution in [0, 0.1) is 5.92 Å². The van der Waals surface area contributed by atoms with Crippen LogP contribution in [-0.4, -0.2) is 70.2 Å². The van der Waals surface area contributed by atoms with Crippen LogP contribution in [0.25, 0.3) is 0 Å². The minimum absolute atomic E-state index is 0.00814. The summed E-state index contributed by atoms with van der Waals surface area (Å²) in [4.78, 5) is 59.5. The van der Waals surface area contributed by atoms with Crippen LogP contribution in [-0.2, 0) is 32.0 Å². The van der Waals surface area contributed by atoms with Gasteiger partial charge in [0.25, 0.3) is 0 Å². The Morgan fingerprint density at radius 3 is 2.12 bits per heavy atom. The Labute approximate surface area is 241 Å². The SMILES string of the molecule is O=C1CC(Cc2ccccc2)NC(=O)C2CCCN2C(=O)C2CC3CCCCC3N2C(=O)C(Cc2ccccc2)N1. The molecule has 6 unspecified atom stereocenters. The number of nitrogens with one attached hydrogen (secondary N) is 2. The molecule has 4 aliphatic rings. The van der Waals surface area contributed by atoms with Gasteiger partial charge in [-0.3, -0.25) is 19.2 Å². The first-order valence-corrected chi connectivity index (χ1v) is 15.3. The third kappa shape index (κ3) is 5.88. The Morgan fingerprint density at radius 2 is 1.39 bits per heavy atom. The van der Waals surface area contributed by atoms with E-state index < -0.39 is 24.2 Å². The normalized spacial score (nSPS) is 30.7. The third-order valence-corrected chi connectivity index (χ3v) is 9.49. The number of nitrogens with zero attached hydrogens (tertiary/aromatic N) is 2. The average molecular weight is 557 g/mol. The van der Waals surface area contributed by atoms with Crippen LogP contribution in [0.2, 0.25) is 0 Å². The summed E-state index contributed by atoms with van der Waals surface area (Å²) >= 11 is 0. The molecule has 8 heteroatoms. The molecule has 216 valence electrons. The van der Waals surface area contributed by atoms with E-state index in [-0.39, 0.29) is 42.0 Å². The highest BCUT2D eigenvalue weighted by molar-refractivity contribution is 5.96. The number of hydrogen-bond donors (Lipinski definition) is 2. The van der Waals surface area contributed by atoms with Crippen molar-refractivity contribution < 1.29 is 19.2 Å². The zero-order chi connectivity index (χ0) is 28.3. The maximum absolute atomic E-state index is 14.5. The maximum atomic E-state index is 14.5. The first kappa shape index (κ1) is 27.5. The summed E-state index contributed by atoms with van der Waals surface area (Å²) in [5.74, 6) is -0.506. The molecule has 2 aromatic carbocycles. The van der Waals surface area contributed by atoms with Crippen molar-refractivity contribution in [1.29, 1.82) is 0 Å². The largest absolute Gasteiger partial charge is 0.351 e. The third-order valence-electron chi connectivity index (χ3n) is 9.49. The molecular weight excluding hydrogens is 516 g/mol. The molecule has 6 atom stereocenters. The van der Waals surface area contributed by atoms with E-state index in [4.69, 9.17) is 0 Å². The molecule has 2 N–H and O–H groups in total. The molecule has 1 aliphatic carbocycles. The minimum atomic E-state index is -0.788.